The second-order valence-corrected chi connectivity index (χ2v) is 5.09. The van der Waals surface area contributed by atoms with E-state index in [4.69, 9.17) is 0 Å². The summed E-state index contributed by atoms with van der Waals surface area (Å²) in [7, 11) is 0. The van der Waals surface area contributed by atoms with Gasteiger partial charge >= 0.3 is 0 Å². The van der Waals surface area contributed by atoms with Crippen LogP contribution < -0.4 is 0 Å². The van der Waals surface area contributed by atoms with Gasteiger partial charge in [-0.25, -0.2) is 4.68 Å². The lowest BCUT2D eigenvalue weighted by atomic mass is 10.1. The summed E-state index contributed by atoms with van der Waals surface area (Å²) in [5, 5.41) is 18.1. The predicted molar refractivity (Wildman–Crippen MR) is 73.5 cm³/mol. The number of halogens is 1. The molecule has 0 fully saturated rings. The molecule has 1 atom stereocenters. The maximum absolute atomic E-state index is 10.3. The molecule has 0 aliphatic heterocycles. The normalized spacial score (nSPS) is 12.6. The van der Waals surface area contributed by atoms with Crippen molar-refractivity contribution < 1.29 is 5.11 Å². The van der Waals surface area contributed by atoms with Crippen LogP contribution in [0, 0.1) is 3.57 Å². The SMILES string of the molecule is CCCn1nncc1C(O)c1cccc(I)c1. The molecule has 2 aromatic rings. The van der Waals surface area contributed by atoms with E-state index in [0.717, 1.165) is 27.8 Å². The minimum Gasteiger partial charge on any atom is -0.382 e. The average Bonchev–Trinajstić information content (AvgIpc) is 2.77. The summed E-state index contributed by atoms with van der Waals surface area (Å²) >= 11 is 2.23. The molecular weight excluding hydrogens is 329 g/mol. The molecule has 0 spiro atoms. The number of rotatable bonds is 4. The third kappa shape index (κ3) is 2.84. The number of aryl methyl sites for hydroxylation is 1. The predicted octanol–water partition coefficient (Wildman–Crippen LogP) is 2.37. The Morgan fingerprint density at radius 3 is 3.00 bits per heavy atom. The molecule has 0 aliphatic carbocycles. The zero-order chi connectivity index (χ0) is 12.3. The molecule has 1 aromatic carbocycles. The van der Waals surface area contributed by atoms with Crippen molar-refractivity contribution in [3.63, 3.8) is 0 Å². The topological polar surface area (TPSA) is 50.9 Å². The third-order valence-corrected chi connectivity index (χ3v) is 3.20. The van der Waals surface area contributed by atoms with Gasteiger partial charge in [-0.05, 0) is 46.7 Å². The van der Waals surface area contributed by atoms with Crippen LogP contribution in [0.4, 0.5) is 0 Å². The van der Waals surface area contributed by atoms with Gasteiger partial charge in [0.15, 0.2) is 0 Å². The Labute approximate surface area is 114 Å². The van der Waals surface area contributed by atoms with E-state index in [0.29, 0.717) is 0 Å². The highest BCUT2D eigenvalue weighted by atomic mass is 127. The van der Waals surface area contributed by atoms with E-state index in [2.05, 4.69) is 39.8 Å². The summed E-state index contributed by atoms with van der Waals surface area (Å²) < 4.78 is 2.86. The minimum absolute atomic E-state index is 0.661. The maximum atomic E-state index is 10.3. The quantitative estimate of drug-likeness (QED) is 0.868. The highest BCUT2D eigenvalue weighted by molar-refractivity contribution is 14.1. The van der Waals surface area contributed by atoms with Gasteiger partial charge in [0.2, 0.25) is 0 Å². The van der Waals surface area contributed by atoms with Gasteiger partial charge in [-0.15, -0.1) is 5.10 Å². The minimum atomic E-state index is -0.661. The molecular formula is C12H14IN3O. The highest BCUT2D eigenvalue weighted by Crippen LogP contribution is 2.22. The van der Waals surface area contributed by atoms with Gasteiger partial charge < -0.3 is 5.11 Å². The van der Waals surface area contributed by atoms with Crippen molar-refractivity contribution in [2.45, 2.75) is 26.0 Å². The van der Waals surface area contributed by atoms with Crippen LogP contribution in [-0.4, -0.2) is 20.1 Å². The van der Waals surface area contributed by atoms with Crippen molar-refractivity contribution in [2.75, 3.05) is 0 Å². The first-order valence-electron chi connectivity index (χ1n) is 5.54. The van der Waals surface area contributed by atoms with Crippen molar-refractivity contribution in [2.24, 2.45) is 0 Å². The zero-order valence-corrected chi connectivity index (χ0v) is 11.7. The van der Waals surface area contributed by atoms with Crippen LogP contribution in [-0.2, 0) is 6.54 Å². The van der Waals surface area contributed by atoms with Crippen molar-refractivity contribution in [1.82, 2.24) is 15.0 Å². The highest BCUT2D eigenvalue weighted by Gasteiger charge is 2.16. The van der Waals surface area contributed by atoms with Crippen molar-refractivity contribution in [3.05, 3.63) is 45.3 Å². The molecule has 90 valence electrons. The smallest absolute Gasteiger partial charge is 0.122 e. The Morgan fingerprint density at radius 2 is 2.29 bits per heavy atom. The van der Waals surface area contributed by atoms with Crippen LogP contribution >= 0.6 is 22.6 Å². The summed E-state index contributed by atoms with van der Waals surface area (Å²) in [4.78, 5) is 0. The Kier molecular flexibility index (Phi) is 4.11. The summed E-state index contributed by atoms with van der Waals surface area (Å²) in [5.41, 5.74) is 1.62. The first-order chi connectivity index (χ1) is 8.22. The molecule has 0 saturated carbocycles. The number of hydrogen-bond acceptors (Lipinski definition) is 3. The Bertz CT molecular complexity index is 498. The molecule has 4 nitrogen and oxygen atoms in total. The monoisotopic (exact) mass is 343 g/mol. The van der Waals surface area contributed by atoms with Crippen LogP contribution in [0.2, 0.25) is 0 Å². The van der Waals surface area contributed by atoms with Crippen molar-refractivity contribution in [3.8, 4) is 0 Å². The molecule has 0 amide bonds. The third-order valence-electron chi connectivity index (χ3n) is 2.53. The van der Waals surface area contributed by atoms with E-state index in [-0.39, 0.29) is 0 Å². The lowest BCUT2D eigenvalue weighted by molar-refractivity contribution is 0.207. The molecule has 17 heavy (non-hydrogen) atoms. The largest absolute Gasteiger partial charge is 0.382 e. The number of nitrogens with zero attached hydrogens (tertiary/aromatic N) is 3. The number of aliphatic hydroxyl groups is 1. The van der Waals surface area contributed by atoms with Crippen LogP contribution in [0.15, 0.2) is 30.5 Å². The molecule has 2 rings (SSSR count). The first kappa shape index (κ1) is 12.5. The molecule has 1 unspecified atom stereocenters. The fraction of sp³-hybridized carbons (Fsp3) is 0.333. The average molecular weight is 343 g/mol. The summed E-state index contributed by atoms with van der Waals surface area (Å²) in [6.07, 6.45) is 1.93. The number of aromatic nitrogens is 3. The van der Waals surface area contributed by atoms with E-state index in [1.54, 1.807) is 10.9 Å². The molecule has 0 saturated heterocycles. The first-order valence-corrected chi connectivity index (χ1v) is 6.62. The summed E-state index contributed by atoms with van der Waals surface area (Å²) in [6, 6.07) is 7.82. The molecule has 0 bridgehead atoms. The van der Waals surface area contributed by atoms with Gasteiger partial charge in [0.25, 0.3) is 0 Å². The van der Waals surface area contributed by atoms with Gasteiger partial charge in [0.05, 0.1) is 11.9 Å². The van der Waals surface area contributed by atoms with Crippen LogP contribution in [0.5, 0.6) is 0 Å². The number of benzene rings is 1. The Morgan fingerprint density at radius 1 is 1.47 bits per heavy atom. The van der Waals surface area contributed by atoms with Gasteiger partial charge in [-0.1, -0.05) is 24.3 Å². The maximum Gasteiger partial charge on any atom is 0.122 e. The van der Waals surface area contributed by atoms with Gasteiger partial charge in [-0.2, -0.15) is 0 Å². The molecule has 5 heteroatoms. The van der Waals surface area contributed by atoms with Crippen molar-refractivity contribution >= 4 is 22.6 Å². The standard InChI is InChI=1S/C12H14IN3O/c1-2-6-16-11(8-14-15-16)12(17)9-4-3-5-10(13)7-9/h3-5,7-8,12,17H,2,6H2,1H3. The van der Waals surface area contributed by atoms with E-state index in [9.17, 15) is 5.11 Å². The van der Waals surface area contributed by atoms with Gasteiger partial charge in [0, 0.05) is 10.1 Å². The molecule has 1 heterocycles. The molecule has 1 N–H and O–H groups in total. The Balaban J connectivity index is 2.30. The number of hydrogen-bond donors (Lipinski definition) is 1. The van der Waals surface area contributed by atoms with Crippen molar-refractivity contribution in [1.29, 1.82) is 0 Å². The Hall–Kier alpha value is -0.950. The van der Waals surface area contributed by atoms with E-state index < -0.39 is 6.10 Å². The van der Waals surface area contributed by atoms with Crippen LogP contribution in [0.3, 0.4) is 0 Å². The molecule has 1 aromatic heterocycles. The van der Waals surface area contributed by atoms with Crippen LogP contribution in [0.1, 0.15) is 30.7 Å². The summed E-state index contributed by atoms with van der Waals surface area (Å²) in [6.45, 7) is 2.85. The van der Waals surface area contributed by atoms with E-state index in [1.165, 1.54) is 0 Å². The second-order valence-electron chi connectivity index (χ2n) is 3.84. The van der Waals surface area contributed by atoms with E-state index in [1.807, 2.05) is 24.3 Å². The van der Waals surface area contributed by atoms with E-state index >= 15 is 0 Å². The van der Waals surface area contributed by atoms with Gasteiger partial charge in [-0.3, -0.25) is 0 Å². The second kappa shape index (κ2) is 5.59. The zero-order valence-electron chi connectivity index (χ0n) is 9.55. The number of aliphatic hydroxyl groups excluding tert-OH is 1. The lowest BCUT2D eigenvalue weighted by Crippen LogP contribution is -2.10. The van der Waals surface area contributed by atoms with Crippen LogP contribution in [0.25, 0.3) is 0 Å². The summed E-state index contributed by atoms with van der Waals surface area (Å²) in [5.74, 6) is 0. The molecule has 0 radical (unpaired) electrons. The van der Waals surface area contributed by atoms with Gasteiger partial charge in [0.1, 0.15) is 6.10 Å². The molecule has 0 aliphatic rings. The fourth-order valence-corrected chi connectivity index (χ4v) is 2.28. The lowest BCUT2D eigenvalue weighted by Gasteiger charge is -2.12. The fourth-order valence-electron chi connectivity index (χ4n) is 1.71.